The van der Waals surface area contributed by atoms with Crippen LogP contribution in [0.15, 0.2) is 45.8 Å². The second kappa shape index (κ2) is 7.20. The van der Waals surface area contributed by atoms with Gasteiger partial charge in [0.1, 0.15) is 22.1 Å². The highest BCUT2D eigenvalue weighted by Gasteiger charge is 2.20. The van der Waals surface area contributed by atoms with Gasteiger partial charge in [0.25, 0.3) is 0 Å². The van der Waals surface area contributed by atoms with Gasteiger partial charge in [0, 0.05) is 10.5 Å². The Labute approximate surface area is 137 Å². The Morgan fingerprint density at radius 2 is 1.71 bits per heavy atom. The monoisotopic (exact) mass is 368 g/mol. The highest BCUT2D eigenvalue weighted by molar-refractivity contribution is 9.10. The predicted molar refractivity (Wildman–Crippen MR) is 89.5 cm³/mol. The third-order valence-corrected chi connectivity index (χ3v) is 4.74. The van der Waals surface area contributed by atoms with Crippen LogP contribution in [-0.2, 0) is 0 Å². The first-order valence-corrected chi connectivity index (χ1v) is 8.36. The van der Waals surface area contributed by atoms with Gasteiger partial charge in [0.15, 0.2) is 0 Å². The molecule has 0 aliphatic rings. The maximum Gasteiger partial charge on any atom is 0.142 e. The van der Waals surface area contributed by atoms with Gasteiger partial charge in [-0.3, -0.25) is 0 Å². The Bertz CT molecular complexity index is 614. The number of hydrogen-bond donors (Lipinski definition) is 1. The van der Waals surface area contributed by atoms with Crippen molar-refractivity contribution in [1.82, 2.24) is 0 Å². The number of aliphatic hydroxyl groups is 1. The van der Waals surface area contributed by atoms with Gasteiger partial charge in [-0.1, -0.05) is 12.1 Å². The van der Waals surface area contributed by atoms with E-state index in [1.54, 1.807) is 32.0 Å². The van der Waals surface area contributed by atoms with Crippen molar-refractivity contribution in [2.24, 2.45) is 0 Å². The first-order chi connectivity index (χ1) is 10.1. The minimum Gasteiger partial charge on any atom is -0.495 e. The SMILES string of the molecule is COc1ccc(C(O)c2ccc(SC)cc2)c(OC)c1Br. The zero-order valence-electron chi connectivity index (χ0n) is 12.1. The van der Waals surface area contributed by atoms with Crippen LogP contribution < -0.4 is 9.47 Å². The van der Waals surface area contributed by atoms with E-state index in [-0.39, 0.29) is 0 Å². The zero-order chi connectivity index (χ0) is 15.4. The number of hydrogen-bond acceptors (Lipinski definition) is 4. The summed E-state index contributed by atoms with van der Waals surface area (Å²) >= 11 is 5.12. The van der Waals surface area contributed by atoms with Crippen LogP contribution in [0.3, 0.4) is 0 Å². The molecule has 0 aliphatic carbocycles. The average molecular weight is 369 g/mol. The molecule has 0 spiro atoms. The first kappa shape index (κ1) is 16.2. The maximum atomic E-state index is 10.6. The van der Waals surface area contributed by atoms with Crippen molar-refractivity contribution in [1.29, 1.82) is 0 Å². The fourth-order valence-corrected chi connectivity index (χ4v) is 3.19. The topological polar surface area (TPSA) is 38.7 Å². The van der Waals surface area contributed by atoms with Gasteiger partial charge in [-0.2, -0.15) is 0 Å². The van der Waals surface area contributed by atoms with Crippen molar-refractivity contribution in [2.75, 3.05) is 20.5 Å². The van der Waals surface area contributed by atoms with Gasteiger partial charge in [-0.05, 0) is 52.0 Å². The molecule has 0 aromatic heterocycles. The molecule has 0 fully saturated rings. The number of halogens is 1. The van der Waals surface area contributed by atoms with Crippen molar-refractivity contribution in [2.45, 2.75) is 11.0 Å². The molecule has 0 amide bonds. The van der Waals surface area contributed by atoms with Crippen LogP contribution in [-0.4, -0.2) is 25.6 Å². The van der Waals surface area contributed by atoms with Crippen molar-refractivity contribution in [3.05, 3.63) is 52.0 Å². The summed E-state index contributed by atoms with van der Waals surface area (Å²) in [6.45, 7) is 0. The van der Waals surface area contributed by atoms with Crippen molar-refractivity contribution < 1.29 is 14.6 Å². The highest BCUT2D eigenvalue weighted by atomic mass is 79.9. The van der Waals surface area contributed by atoms with Crippen LogP contribution in [0.2, 0.25) is 0 Å². The molecule has 5 heteroatoms. The van der Waals surface area contributed by atoms with E-state index >= 15 is 0 Å². The second-order valence-electron chi connectivity index (χ2n) is 4.38. The molecule has 21 heavy (non-hydrogen) atoms. The highest BCUT2D eigenvalue weighted by Crippen LogP contribution is 2.41. The minimum absolute atomic E-state index is 0.579. The number of aliphatic hydroxyl groups excluding tert-OH is 1. The fraction of sp³-hybridized carbons (Fsp3) is 0.250. The summed E-state index contributed by atoms with van der Waals surface area (Å²) in [5.74, 6) is 1.25. The molecular weight excluding hydrogens is 352 g/mol. The first-order valence-electron chi connectivity index (χ1n) is 6.34. The molecule has 2 aromatic carbocycles. The lowest BCUT2D eigenvalue weighted by molar-refractivity contribution is 0.214. The summed E-state index contributed by atoms with van der Waals surface area (Å²) in [5.41, 5.74) is 1.52. The Morgan fingerprint density at radius 3 is 2.24 bits per heavy atom. The molecule has 1 unspecified atom stereocenters. The van der Waals surface area contributed by atoms with E-state index in [9.17, 15) is 5.11 Å². The molecule has 112 valence electrons. The number of methoxy groups -OCH3 is 2. The van der Waals surface area contributed by atoms with E-state index in [4.69, 9.17) is 9.47 Å². The van der Waals surface area contributed by atoms with Gasteiger partial charge in [-0.25, -0.2) is 0 Å². The maximum absolute atomic E-state index is 10.6. The molecule has 0 aliphatic heterocycles. The van der Waals surface area contributed by atoms with E-state index in [1.807, 2.05) is 36.6 Å². The van der Waals surface area contributed by atoms with Crippen LogP contribution in [0.25, 0.3) is 0 Å². The third kappa shape index (κ3) is 3.36. The fourth-order valence-electron chi connectivity index (χ4n) is 2.10. The standard InChI is InChI=1S/C16H17BrO3S/c1-19-13-9-8-12(16(20-2)14(13)17)15(18)10-4-6-11(21-3)7-5-10/h4-9,15,18H,1-3H3. The zero-order valence-corrected chi connectivity index (χ0v) is 14.5. The van der Waals surface area contributed by atoms with Crippen molar-refractivity contribution >= 4 is 27.7 Å². The summed E-state index contributed by atoms with van der Waals surface area (Å²) in [4.78, 5) is 1.16. The van der Waals surface area contributed by atoms with Gasteiger partial charge >= 0.3 is 0 Å². The van der Waals surface area contributed by atoms with Crippen LogP contribution in [0.4, 0.5) is 0 Å². The molecular formula is C16H17BrO3S. The normalized spacial score (nSPS) is 12.0. The summed E-state index contributed by atoms with van der Waals surface area (Å²) in [5, 5.41) is 10.6. The molecule has 0 heterocycles. The predicted octanol–water partition coefficient (Wildman–Crippen LogP) is 4.27. The summed E-state index contributed by atoms with van der Waals surface area (Å²) < 4.78 is 11.4. The van der Waals surface area contributed by atoms with E-state index in [1.165, 1.54) is 0 Å². The molecule has 3 nitrogen and oxygen atoms in total. The largest absolute Gasteiger partial charge is 0.495 e. The summed E-state index contributed by atoms with van der Waals surface area (Å²) in [7, 11) is 3.17. The Kier molecular flexibility index (Phi) is 5.56. The van der Waals surface area contributed by atoms with Crippen LogP contribution >= 0.6 is 27.7 Å². The number of rotatable bonds is 5. The van der Waals surface area contributed by atoms with Crippen LogP contribution in [0.5, 0.6) is 11.5 Å². The minimum atomic E-state index is -0.752. The lowest BCUT2D eigenvalue weighted by Crippen LogP contribution is -2.03. The molecule has 2 rings (SSSR count). The van der Waals surface area contributed by atoms with Crippen LogP contribution in [0.1, 0.15) is 17.2 Å². The summed E-state index contributed by atoms with van der Waals surface area (Å²) in [6, 6.07) is 11.5. The lowest BCUT2D eigenvalue weighted by atomic mass is 10.0. The molecule has 1 N–H and O–H groups in total. The Hall–Kier alpha value is -1.17. The van der Waals surface area contributed by atoms with Crippen LogP contribution in [0, 0.1) is 0 Å². The van der Waals surface area contributed by atoms with Gasteiger partial charge in [-0.15, -0.1) is 11.8 Å². The molecule has 1 atom stereocenters. The second-order valence-corrected chi connectivity index (χ2v) is 6.05. The lowest BCUT2D eigenvalue weighted by Gasteiger charge is -2.18. The molecule has 0 radical (unpaired) electrons. The average Bonchev–Trinajstić information content (AvgIpc) is 2.54. The molecule has 2 aromatic rings. The van der Waals surface area contributed by atoms with E-state index in [2.05, 4.69) is 15.9 Å². The number of benzene rings is 2. The quantitative estimate of drug-likeness (QED) is 0.799. The van der Waals surface area contributed by atoms with E-state index in [0.29, 0.717) is 21.5 Å². The van der Waals surface area contributed by atoms with Crippen molar-refractivity contribution in [3.63, 3.8) is 0 Å². The van der Waals surface area contributed by atoms with Gasteiger partial charge < -0.3 is 14.6 Å². The van der Waals surface area contributed by atoms with E-state index in [0.717, 1.165) is 10.5 Å². The third-order valence-electron chi connectivity index (χ3n) is 3.24. The molecule has 0 saturated heterocycles. The smallest absolute Gasteiger partial charge is 0.142 e. The van der Waals surface area contributed by atoms with E-state index < -0.39 is 6.10 Å². The number of thioether (sulfide) groups is 1. The molecule has 0 bridgehead atoms. The summed E-state index contributed by atoms with van der Waals surface area (Å²) in [6.07, 6.45) is 1.27. The van der Waals surface area contributed by atoms with Gasteiger partial charge in [0.05, 0.1) is 14.2 Å². The van der Waals surface area contributed by atoms with Crippen molar-refractivity contribution in [3.8, 4) is 11.5 Å². The van der Waals surface area contributed by atoms with Gasteiger partial charge in [0.2, 0.25) is 0 Å². The Morgan fingerprint density at radius 1 is 1.05 bits per heavy atom. The number of ether oxygens (including phenoxy) is 2. The molecule has 0 saturated carbocycles. The Balaban J connectivity index is 2.42.